The molecule has 0 amide bonds. The predicted octanol–water partition coefficient (Wildman–Crippen LogP) is 10.7. The molecule has 1 unspecified atom stereocenters. The molecule has 2 heterocycles. The summed E-state index contributed by atoms with van der Waals surface area (Å²) in [6, 6.07) is 39.5. The largest absolute Gasteiger partial charge is 0.497 e. The van der Waals surface area contributed by atoms with Crippen molar-refractivity contribution in [3.8, 4) is 17.4 Å². The topological polar surface area (TPSA) is 111 Å². The summed E-state index contributed by atoms with van der Waals surface area (Å²) in [7, 11) is 4.92. The van der Waals surface area contributed by atoms with E-state index in [0.717, 1.165) is 62.7 Å². The molecule has 1 atom stereocenters. The van der Waals surface area contributed by atoms with Gasteiger partial charge in [0.15, 0.2) is 0 Å². The van der Waals surface area contributed by atoms with Gasteiger partial charge < -0.3 is 40.2 Å². The van der Waals surface area contributed by atoms with E-state index in [0.29, 0.717) is 12.5 Å². The van der Waals surface area contributed by atoms with Crippen LogP contribution in [0.2, 0.25) is 0 Å². The second-order valence-corrected chi connectivity index (χ2v) is 11.3. The highest BCUT2D eigenvalue weighted by atomic mass is 35.5. The number of hydrogen-bond acceptors (Lipinski definition) is 10. The van der Waals surface area contributed by atoms with Gasteiger partial charge in [-0.15, -0.1) is 12.4 Å². The molecule has 6 rings (SSSR count). The molecule has 0 bridgehead atoms. The Labute approximate surface area is 312 Å². The molecule has 4 N–H and O–H groups in total. The number of aromatic nitrogens is 2. The minimum absolute atomic E-state index is 0. The van der Waals surface area contributed by atoms with Crippen LogP contribution in [0.25, 0.3) is 0 Å². The fourth-order valence-corrected chi connectivity index (χ4v) is 5.05. The number of pyridine rings is 2. The van der Waals surface area contributed by atoms with Crippen molar-refractivity contribution in [2.75, 3.05) is 49.2 Å². The third kappa shape index (κ3) is 11.8. The molecular formula is C41H45ClN6O4. The van der Waals surface area contributed by atoms with Gasteiger partial charge >= 0.3 is 0 Å². The van der Waals surface area contributed by atoms with Crippen molar-refractivity contribution in [3.05, 3.63) is 139 Å². The van der Waals surface area contributed by atoms with E-state index in [1.807, 2.05) is 135 Å². The van der Waals surface area contributed by atoms with Gasteiger partial charge in [-0.3, -0.25) is 4.98 Å². The van der Waals surface area contributed by atoms with Crippen LogP contribution in [0.1, 0.15) is 25.6 Å². The lowest BCUT2D eigenvalue weighted by molar-refractivity contribution is 0.0734. The van der Waals surface area contributed by atoms with E-state index < -0.39 is 0 Å². The molecule has 52 heavy (non-hydrogen) atoms. The fourth-order valence-electron chi connectivity index (χ4n) is 5.05. The van der Waals surface area contributed by atoms with E-state index in [1.165, 1.54) is 0 Å². The van der Waals surface area contributed by atoms with Crippen LogP contribution in [0.4, 0.5) is 45.5 Å². The van der Waals surface area contributed by atoms with Crippen LogP contribution >= 0.6 is 12.4 Å². The zero-order valence-electron chi connectivity index (χ0n) is 29.9. The minimum atomic E-state index is -0.000517. The average Bonchev–Trinajstić information content (AvgIpc) is 3.16. The van der Waals surface area contributed by atoms with Gasteiger partial charge in [-0.25, -0.2) is 4.98 Å². The minimum Gasteiger partial charge on any atom is -0.497 e. The lowest BCUT2D eigenvalue weighted by Gasteiger charge is -2.13. The standard InChI is InChI=1S/C22H25N3O2.C19H19N3O2.ClH/c1-4-27-16(2)22-12-11-20(15-23-22)25-18-8-5-7-17(13-18)24-19-9-6-10-21(14-19)26-3;1-23-18-8-4-7-16(12-18)21-14-5-3-6-15(11-14)22-17-9-10-19(24-2)20-13-17;/h5-16,24-25H,4H2,1-3H3;3-13,21-22H,1-2H3;1H. The van der Waals surface area contributed by atoms with Crippen molar-refractivity contribution in [2.24, 2.45) is 0 Å². The monoisotopic (exact) mass is 720 g/mol. The fraction of sp³-hybridized carbons (Fsp3) is 0.171. The number of methoxy groups -OCH3 is 3. The third-order valence-electron chi connectivity index (χ3n) is 7.58. The van der Waals surface area contributed by atoms with E-state index in [2.05, 4.69) is 37.3 Å². The molecule has 4 aromatic carbocycles. The summed E-state index contributed by atoms with van der Waals surface area (Å²) in [6.45, 7) is 4.67. The van der Waals surface area contributed by atoms with Gasteiger partial charge in [0.2, 0.25) is 5.88 Å². The quantitative estimate of drug-likeness (QED) is 0.0867. The number of nitrogens with one attached hydrogen (secondary N) is 4. The SMILES string of the molecule is CCOC(C)c1ccc(Nc2cccc(Nc3cccc(OC)c3)c2)cn1.COc1cccc(Nc2cccc(Nc3ccc(OC)nc3)c2)c1.Cl. The molecular weight excluding hydrogens is 676 g/mol. The summed E-state index contributed by atoms with van der Waals surface area (Å²) in [5, 5.41) is 13.5. The van der Waals surface area contributed by atoms with Crippen molar-refractivity contribution < 1.29 is 18.9 Å². The Morgan fingerprint density at radius 2 is 0.923 bits per heavy atom. The third-order valence-corrected chi connectivity index (χ3v) is 7.58. The molecule has 0 aliphatic heterocycles. The zero-order chi connectivity index (χ0) is 35.8. The maximum Gasteiger partial charge on any atom is 0.213 e. The van der Waals surface area contributed by atoms with Crippen LogP contribution in [0.5, 0.6) is 17.4 Å². The maximum atomic E-state index is 5.57. The smallest absolute Gasteiger partial charge is 0.213 e. The number of hydrogen-bond donors (Lipinski definition) is 4. The van der Waals surface area contributed by atoms with Crippen LogP contribution in [-0.4, -0.2) is 37.9 Å². The summed E-state index contributed by atoms with van der Waals surface area (Å²) in [4.78, 5) is 8.67. The number of benzene rings is 4. The molecule has 2 aromatic heterocycles. The van der Waals surface area contributed by atoms with Crippen LogP contribution in [0.15, 0.2) is 134 Å². The molecule has 0 saturated heterocycles. The van der Waals surface area contributed by atoms with Gasteiger partial charge in [0.1, 0.15) is 11.5 Å². The Morgan fingerprint density at radius 3 is 1.31 bits per heavy atom. The lowest BCUT2D eigenvalue weighted by atomic mass is 10.2. The van der Waals surface area contributed by atoms with Crippen molar-refractivity contribution in [1.29, 1.82) is 0 Å². The first kappa shape index (κ1) is 38.8. The first-order chi connectivity index (χ1) is 24.9. The maximum absolute atomic E-state index is 5.57. The molecule has 0 fully saturated rings. The molecule has 6 aromatic rings. The summed E-state index contributed by atoms with van der Waals surface area (Å²) in [5.74, 6) is 2.23. The summed E-state index contributed by atoms with van der Waals surface area (Å²) in [5.41, 5.74) is 8.62. The van der Waals surface area contributed by atoms with Crippen LogP contribution < -0.4 is 35.5 Å². The Bertz CT molecular complexity index is 1960. The van der Waals surface area contributed by atoms with Gasteiger partial charge in [-0.05, 0) is 92.7 Å². The number of halogens is 1. The van der Waals surface area contributed by atoms with Gasteiger partial charge in [0, 0.05) is 58.9 Å². The average molecular weight is 721 g/mol. The van der Waals surface area contributed by atoms with Crippen LogP contribution in [0, 0.1) is 0 Å². The van der Waals surface area contributed by atoms with Gasteiger partial charge in [0.25, 0.3) is 0 Å². The molecule has 11 heteroatoms. The second-order valence-electron chi connectivity index (χ2n) is 11.3. The highest BCUT2D eigenvalue weighted by molar-refractivity contribution is 5.85. The van der Waals surface area contributed by atoms with Gasteiger partial charge in [-0.2, -0.15) is 0 Å². The molecule has 0 aliphatic carbocycles. The summed E-state index contributed by atoms with van der Waals surface area (Å²) in [6.07, 6.45) is 3.56. The molecule has 0 spiro atoms. The van der Waals surface area contributed by atoms with E-state index in [-0.39, 0.29) is 18.5 Å². The molecule has 10 nitrogen and oxygen atoms in total. The predicted molar refractivity (Wildman–Crippen MR) is 214 cm³/mol. The number of anilines is 8. The first-order valence-corrected chi connectivity index (χ1v) is 16.6. The lowest BCUT2D eigenvalue weighted by Crippen LogP contribution is -2.02. The molecule has 0 saturated carbocycles. The van der Waals surface area contributed by atoms with Crippen LogP contribution in [-0.2, 0) is 4.74 Å². The summed E-state index contributed by atoms with van der Waals surface area (Å²) < 4.78 is 21.2. The first-order valence-electron chi connectivity index (χ1n) is 16.6. The molecule has 0 aliphatic rings. The van der Waals surface area contributed by atoms with Crippen molar-refractivity contribution in [3.63, 3.8) is 0 Å². The van der Waals surface area contributed by atoms with Crippen molar-refractivity contribution >= 4 is 57.9 Å². The van der Waals surface area contributed by atoms with E-state index in [9.17, 15) is 0 Å². The number of nitrogens with zero attached hydrogens (tertiary/aromatic N) is 2. The van der Waals surface area contributed by atoms with E-state index in [4.69, 9.17) is 18.9 Å². The summed E-state index contributed by atoms with van der Waals surface area (Å²) >= 11 is 0. The molecule has 0 radical (unpaired) electrons. The van der Waals surface area contributed by atoms with E-state index in [1.54, 1.807) is 27.5 Å². The normalized spacial score (nSPS) is 10.7. The zero-order valence-corrected chi connectivity index (χ0v) is 30.7. The highest BCUT2D eigenvalue weighted by Crippen LogP contribution is 2.27. The number of ether oxygens (including phenoxy) is 4. The Hall–Kier alpha value is -5.97. The van der Waals surface area contributed by atoms with Gasteiger partial charge in [0.05, 0.1) is 56.9 Å². The van der Waals surface area contributed by atoms with Gasteiger partial charge in [-0.1, -0.05) is 24.3 Å². The van der Waals surface area contributed by atoms with Crippen molar-refractivity contribution in [2.45, 2.75) is 20.0 Å². The Morgan fingerprint density at radius 1 is 0.500 bits per heavy atom. The second kappa shape index (κ2) is 20.0. The van der Waals surface area contributed by atoms with Crippen molar-refractivity contribution in [1.82, 2.24) is 9.97 Å². The Kier molecular flexibility index (Phi) is 14.9. The Balaban J connectivity index is 0.000000230. The highest BCUT2D eigenvalue weighted by Gasteiger charge is 2.07. The van der Waals surface area contributed by atoms with Crippen LogP contribution in [0.3, 0.4) is 0 Å². The van der Waals surface area contributed by atoms with E-state index >= 15 is 0 Å². The molecule has 270 valence electrons. The number of rotatable bonds is 14.